The molecule has 0 spiro atoms. The molecule has 1 aliphatic rings. The standard InChI is InChI=1S/C25H20ClFN2O4/c1-32-18-10-7-15(8-11-18)22-23(28-17-9-12-21(33-2)19(26)13-17)25(31)29(24(22)30)14-16-5-3-4-6-20(16)27/h3-13,28H,14H2,1-2H3. The second-order valence-electron chi connectivity index (χ2n) is 7.24. The minimum atomic E-state index is -0.569. The van der Waals surface area contributed by atoms with Crippen LogP contribution in [0.5, 0.6) is 11.5 Å². The number of nitrogens with zero attached hydrogens (tertiary/aromatic N) is 1. The fourth-order valence-corrected chi connectivity index (χ4v) is 3.80. The average Bonchev–Trinajstić information content (AvgIpc) is 3.05. The molecule has 0 radical (unpaired) electrons. The summed E-state index contributed by atoms with van der Waals surface area (Å²) in [5.41, 5.74) is 1.50. The van der Waals surface area contributed by atoms with Crippen molar-refractivity contribution in [2.45, 2.75) is 6.54 Å². The van der Waals surface area contributed by atoms with Crippen LogP contribution in [0.1, 0.15) is 11.1 Å². The van der Waals surface area contributed by atoms with E-state index in [1.807, 2.05) is 0 Å². The van der Waals surface area contributed by atoms with Gasteiger partial charge in [-0.1, -0.05) is 41.9 Å². The van der Waals surface area contributed by atoms with Crippen LogP contribution in [0, 0.1) is 5.82 Å². The zero-order valence-corrected chi connectivity index (χ0v) is 18.7. The van der Waals surface area contributed by atoms with E-state index in [9.17, 15) is 14.0 Å². The van der Waals surface area contributed by atoms with Crippen molar-refractivity contribution in [1.29, 1.82) is 0 Å². The number of benzene rings is 3. The van der Waals surface area contributed by atoms with Crippen molar-refractivity contribution in [1.82, 2.24) is 4.90 Å². The molecule has 0 atom stereocenters. The third kappa shape index (κ3) is 4.40. The van der Waals surface area contributed by atoms with E-state index >= 15 is 0 Å². The largest absolute Gasteiger partial charge is 0.497 e. The summed E-state index contributed by atoms with van der Waals surface area (Å²) >= 11 is 6.22. The third-order valence-corrected chi connectivity index (χ3v) is 5.55. The Kier molecular flexibility index (Phi) is 6.33. The second-order valence-corrected chi connectivity index (χ2v) is 7.65. The number of hydrogen-bond acceptors (Lipinski definition) is 5. The molecular weight excluding hydrogens is 447 g/mol. The van der Waals surface area contributed by atoms with E-state index in [2.05, 4.69) is 5.32 Å². The van der Waals surface area contributed by atoms with Crippen LogP contribution in [0.3, 0.4) is 0 Å². The van der Waals surface area contributed by atoms with Crippen LogP contribution >= 0.6 is 11.6 Å². The van der Waals surface area contributed by atoms with E-state index in [1.54, 1.807) is 54.6 Å². The fourth-order valence-electron chi connectivity index (χ4n) is 3.55. The highest BCUT2D eigenvalue weighted by Crippen LogP contribution is 2.34. The maximum atomic E-state index is 14.2. The molecule has 0 aromatic heterocycles. The summed E-state index contributed by atoms with van der Waals surface area (Å²) in [7, 11) is 3.04. The van der Waals surface area contributed by atoms with Gasteiger partial charge >= 0.3 is 0 Å². The first-order chi connectivity index (χ1) is 15.9. The Hall–Kier alpha value is -3.84. The van der Waals surface area contributed by atoms with Crippen molar-refractivity contribution >= 4 is 34.7 Å². The Bertz CT molecular complexity index is 1260. The van der Waals surface area contributed by atoms with E-state index in [0.29, 0.717) is 27.8 Å². The number of methoxy groups -OCH3 is 2. The highest BCUT2D eigenvalue weighted by molar-refractivity contribution is 6.36. The summed E-state index contributed by atoms with van der Waals surface area (Å²) in [6, 6.07) is 17.7. The summed E-state index contributed by atoms with van der Waals surface area (Å²) in [4.78, 5) is 27.7. The topological polar surface area (TPSA) is 67.9 Å². The van der Waals surface area contributed by atoms with Crippen LogP contribution in [-0.2, 0) is 16.1 Å². The Morgan fingerprint density at radius 3 is 2.30 bits per heavy atom. The van der Waals surface area contributed by atoms with Crippen molar-refractivity contribution in [2.24, 2.45) is 0 Å². The smallest absolute Gasteiger partial charge is 0.278 e. The summed E-state index contributed by atoms with van der Waals surface area (Å²) in [5.74, 6) is -0.513. The summed E-state index contributed by atoms with van der Waals surface area (Å²) < 4.78 is 24.6. The van der Waals surface area contributed by atoms with Crippen LogP contribution in [0.25, 0.3) is 5.57 Å². The number of rotatable bonds is 7. The lowest BCUT2D eigenvalue weighted by molar-refractivity contribution is -0.137. The van der Waals surface area contributed by atoms with E-state index in [-0.39, 0.29) is 23.4 Å². The molecular formula is C25H20ClFN2O4. The zero-order chi connectivity index (χ0) is 23.5. The van der Waals surface area contributed by atoms with Gasteiger partial charge in [-0.25, -0.2) is 4.39 Å². The van der Waals surface area contributed by atoms with Crippen molar-refractivity contribution < 1.29 is 23.5 Å². The molecule has 2 amide bonds. The van der Waals surface area contributed by atoms with Crippen molar-refractivity contribution in [3.8, 4) is 11.5 Å². The highest BCUT2D eigenvalue weighted by atomic mass is 35.5. The molecule has 0 aliphatic carbocycles. The van der Waals surface area contributed by atoms with Crippen LogP contribution in [0.15, 0.2) is 72.4 Å². The lowest BCUT2D eigenvalue weighted by atomic mass is 10.0. The number of ether oxygens (including phenoxy) is 2. The minimum absolute atomic E-state index is 0.0720. The molecule has 0 saturated carbocycles. The molecule has 3 aromatic rings. The highest BCUT2D eigenvalue weighted by Gasteiger charge is 2.39. The first-order valence-electron chi connectivity index (χ1n) is 10.0. The summed E-state index contributed by atoms with van der Waals surface area (Å²) in [5, 5.41) is 3.37. The molecule has 1 heterocycles. The maximum absolute atomic E-state index is 14.2. The zero-order valence-electron chi connectivity index (χ0n) is 17.9. The Balaban J connectivity index is 1.75. The number of carbonyl (C=O) groups excluding carboxylic acids is 2. The van der Waals surface area contributed by atoms with Gasteiger partial charge in [-0.15, -0.1) is 0 Å². The Morgan fingerprint density at radius 1 is 0.939 bits per heavy atom. The fraction of sp³-hybridized carbons (Fsp3) is 0.120. The summed E-state index contributed by atoms with van der Waals surface area (Å²) in [6.45, 7) is -0.196. The van der Waals surface area contributed by atoms with Crippen LogP contribution in [0.2, 0.25) is 5.02 Å². The SMILES string of the molecule is COc1ccc(C2=C(Nc3ccc(OC)c(Cl)c3)C(=O)N(Cc3ccccc3F)C2=O)cc1. The first-order valence-corrected chi connectivity index (χ1v) is 10.4. The molecule has 3 aromatic carbocycles. The van der Waals surface area contributed by atoms with Gasteiger partial charge in [-0.2, -0.15) is 0 Å². The lowest BCUT2D eigenvalue weighted by Gasteiger charge is -2.16. The van der Waals surface area contributed by atoms with Gasteiger partial charge in [0.1, 0.15) is 23.0 Å². The first kappa shape index (κ1) is 22.4. The molecule has 1 aliphatic heterocycles. The maximum Gasteiger partial charge on any atom is 0.278 e. The van der Waals surface area contributed by atoms with Gasteiger partial charge in [0.25, 0.3) is 11.8 Å². The number of carbonyl (C=O) groups is 2. The number of nitrogens with one attached hydrogen (secondary N) is 1. The molecule has 6 nitrogen and oxygen atoms in total. The predicted molar refractivity (Wildman–Crippen MR) is 123 cm³/mol. The van der Waals surface area contributed by atoms with Crippen LogP contribution in [-0.4, -0.2) is 30.9 Å². The predicted octanol–water partition coefficient (Wildman–Crippen LogP) is 4.89. The monoisotopic (exact) mass is 466 g/mol. The summed E-state index contributed by atoms with van der Waals surface area (Å²) in [6.07, 6.45) is 0. The van der Waals surface area contributed by atoms with E-state index in [1.165, 1.54) is 26.4 Å². The van der Waals surface area contributed by atoms with Gasteiger partial charge in [0.15, 0.2) is 0 Å². The molecule has 0 bridgehead atoms. The molecule has 8 heteroatoms. The van der Waals surface area contributed by atoms with E-state index in [0.717, 1.165) is 4.90 Å². The molecule has 33 heavy (non-hydrogen) atoms. The van der Waals surface area contributed by atoms with Crippen molar-refractivity contribution in [2.75, 3.05) is 19.5 Å². The quantitative estimate of drug-likeness (QED) is 0.502. The van der Waals surface area contributed by atoms with Gasteiger partial charge in [0.05, 0.1) is 31.4 Å². The molecule has 0 saturated heterocycles. The number of hydrogen-bond donors (Lipinski definition) is 1. The second kappa shape index (κ2) is 9.34. The Labute approximate surface area is 195 Å². The van der Waals surface area contributed by atoms with Gasteiger partial charge in [-0.05, 0) is 42.0 Å². The molecule has 0 fully saturated rings. The van der Waals surface area contributed by atoms with E-state index in [4.69, 9.17) is 21.1 Å². The number of halogens is 2. The molecule has 1 N–H and O–H groups in total. The van der Waals surface area contributed by atoms with Crippen molar-refractivity contribution in [3.63, 3.8) is 0 Å². The average molecular weight is 467 g/mol. The van der Waals surface area contributed by atoms with Crippen LogP contribution < -0.4 is 14.8 Å². The van der Waals surface area contributed by atoms with Crippen molar-refractivity contribution in [3.05, 3.63) is 94.4 Å². The number of anilines is 1. The number of amides is 2. The molecule has 0 unspecified atom stereocenters. The molecule has 4 rings (SSSR count). The lowest BCUT2D eigenvalue weighted by Crippen LogP contribution is -2.32. The van der Waals surface area contributed by atoms with Gasteiger partial charge < -0.3 is 14.8 Å². The van der Waals surface area contributed by atoms with Crippen LogP contribution in [0.4, 0.5) is 10.1 Å². The normalized spacial score (nSPS) is 13.5. The minimum Gasteiger partial charge on any atom is -0.497 e. The van der Waals surface area contributed by atoms with Gasteiger partial charge in [-0.3, -0.25) is 14.5 Å². The van der Waals surface area contributed by atoms with Gasteiger partial charge in [0.2, 0.25) is 0 Å². The third-order valence-electron chi connectivity index (χ3n) is 5.25. The number of imide groups is 1. The molecule has 168 valence electrons. The van der Waals surface area contributed by atoms with E-state index < -0.39 is 17.6 Å². The van der Waals surface area contributed by atoms with Gasteiger partial charge in [0, 0.05) is 11.3 Å². The Morgan fingerprint density at radius 2 is 1.67 bits per heavy atom.